The van der Waals surface area contributed by atoms with Gasteiger partial charge in [-0.3, -0.25) is 18.9 Å². The molecule has 0 bridgehead atoms. The second kappa shape index (κ2) is 10.4. The van der Waals surface area contributed by atoms with Crippen LogP contribution < -0.4 is 10.9 Å². The van der Waals surface area contributed by atoms with E-state index in [1.165, 1.54) is 16.2 Å². The molecule has 0 aliphatic carbocycles. The summed E-state index contributed by atoms with van der Waals surface area (Å²) in [6.45, 7) is 9.74. The van der Waals surface area contributed by atoms with E-state index >= 15 is 0 Å². The third-order valence-electron chi connectivity index (χ3n) is 5.18. The van der Waals surface area contributed by atoms with E-state index in [4.69, 9.17) is 21.9 Å². The van der Waals surface area contributed by atoms with E-state index in [0.29, 0.717) is 46.0 Å². The smallest absolute Gasteiger partial charge is 0.267 e. The van der Waals surface area contributed by atoms with Crippen LogP contribution in [-0.4, -0.2) is 50.3 Å². The average molecular weight is 461 g/mol. The number of aryl methyl sites for hydroxylation is 1. The summed E-state index contributed by atoms with van der Waals surface area (Å²) in [5.41, 5.74) is 1.61. The zero-order valence-corrected chi connectivity index (χ0v) is 19.9. The molecule has 0 radical (unpaired) electrons. The predicted octanol–water partition coefficient (Wildman–Crippen LogP) is 3.84. The molecule has 3 heterocycles. The van der Waals surface area contributed by atoms with Crippen LogP contribution in [0.25, 0.3) is 11.7 Å². The van der Waals surface area contributed by atoms with Crippen LogP contribution in [-0.2, 0) is 9.53 Å². The molecule has 3 rings (SSSR count). The highest BCUT2D eigenvalue weighted by atomic mass is 32.2. The summed E-state index contributed by atoms with van der Waals surface area (Å²) < 4.78 is 7.42. The van der Waals surface area contributed by atoms with E-state index in [1.807, 2.05) is 39.8 Å². The number of amides is 1. The Morgan fingerprint density at radius 3 is 2.84 bits per heavy atom. The predicted molar refractivity (Wildman–Crippen MR) is 131 cm³/mol. The van der Waals surface area contributed by atoms with E-state index in [-0.39, 0.29) is 17.5 Å². The zero-order valence-electron chi connectivity index (χ0n) is 18.3. The first kappa shape index (κ1) is 23.4. The van der Waals surface area contributed by atoms with Crippen molar-refractivity contribution < 1.29 is 9.53 Å². The van der Waals surface area contributed by atoms with Gasteiger partial charge in [0, 0.05) is 32.0 Å². The Hall–Kier alpha value is -2.23. The minimum Gasteiger partial charge on any atom is -0.382 e. The van der Waals surface area contributed by atoms with Crippen LogP contribution in [0, 0.1) is 6.92 Å². The number of hydrogen-bond acceptors (Lipinski definition) is 7. The molecule has 1 amide bonds. The van der Waals surface area contributed by atoms with Crippen molar-refractivity contribution in [2.75, 3.05) is 25.1 Å². The van der Waals surface area contributed by atoms with Crippen LogP contribution >= 0.6 is 24.0 Å². The first-order chi connectivity index (χ1) is 14.9. The summed E-state index contributed by atoms with van der Waals surface area (Å²) in [6, 6.07) is 3.73. The number of fused-ring (bicyclic) bond motifs is 1. The Kier molecular flexibility index (Phi) is 7.85. The molecule has 9 heteroatoms. The van der Waals surface area contributed by atoms with Crippen molar-refractivity contribution >= 4 is 51.7 Å². The molecule has 1 aliphatic rings. The second-order valence-electron chi connectivity index (χ2n) is 7.35. The van der Waals surface area contributed by atoms with Crippen LogP contribution in [0.15, 0.2) is 28.0 Å². The minimum atomic E-state index is -0.227. The van der Waals surface area contributed by atoms with Crippen LogP contribution in [0.5, 0.6) is 0 Å². The Bertz CT molecular complexity index is 1080. The lowest BCUT2D eigenvalue weighted by atomic mass is 10.2. The number of hydrogen-bond donors (Lipinski definition) is 1. The summed E-state index contributed by atoms with van der Waals surface area (Å²) in [5, 5.41) is 3.26. The number of rotatable bonds is 9. The van der Waals surface area contributed by atoms with Crippen molar-refractivity contribution in [2.45, 2.75) is 46.6 Å². The van der Waals surface area contributed by atoms with Gasteiger partial charge in [-0.25, -0.2) is 4.98 Å². The summed E-state index contributed by atoms with van der Waals surface area (Å²) in [5.74, 6) is 0.296. The number of aromatic nitrogens is 2. The van der Waals surface area contributed by atoms with Gasteiger partial charge in [-0.2, -0.15) is 0 Å². The van der Waals surface area contributed by atoms with Gasteiger partial charge in [0.1, 0.15) is 15.8 Å². The van der Waals surface area contributed by atoms with E-state index in [0.717, 1.165) is 18.4 Å². The number of ether oxygens (including phenoxy) is 1. The highest BCUT2D eigenvalue weighted by molar-refractivity contribution is 8.26. The monoisotopic (exact) mass is 460 g/mol. The molecule has 1 atom stereocenters. The van der Waals surface area contributed by atoms with Gasteiger partial charge in [0.05, 0.1) is 10.5 Å². The van der Waals surface area contributed by atoms with Crippen molar-refractivity contribution in [1.29, 1.82) is 0 Å². The van der Waals surface area contributed by atoms with Gasteiger partial charge in [0.15, 0.2) is 0 Å². The number of pyridine rings is 1. The van der Waals surface area contributed by atoms with Crippen molar-refractivity contribution in [3.63, 3.8) is 0 Å². The van der Waals surface area contributed by atoms with E-state index in [2.05, 4.69) is 5.32 Å². The molecule has 166 valence electrons. The Balaban J connectivity index is 2.03. The van der Waals surface area contributed by atoms with Crippen molar-refractivity contribution in [2.24, 2.45) is 0 Å². The highest BCUT2D eigenvalue weighted by Gasteiger charge is 2.35. The van der Waals surface area contributed by atoms with Crippen LogP contribution in [0.3, 0.4) is 0 Å². The van der Waals surface area contributed by atoms with Gasteiger partial charge in [-0.15, -0.1) is 0 Å². The Labute approximate surface area is 191 Å². The molecule has 2 aromatic rings. The molecule has 31 heavy (non-hydrogen) atoms. The SMILES string of the molecule is CCOCCCNc1nc2c(C)cccn2c(=O)c1/C=C1/SC(=S)N(C(C)CC)C1=O. The maximum Gasteiger partial charge on any atom is 0.267 e. The Morgan fingerprint density at radius 1 is 1.35 bits per heavy atom. The van der Waals surface area contributed by atoms with Gasteiger partial charge >= 0.3 is 0 Å². The quantitative estimate of drug-likeness (QED) is 0.346. The van der Waals surface area contributed by atoms with E-state index < -0.39 is 0 Å². The number of thioether (sulfide) groups is 1. The Morgan fingerprint density at radius 2 is 2.13 bits per heavy atom. The van der Waals surface area contributed by atoms with E-state index in [1.54, 1.807) is 17.2 Å². The van der Waals surface area contributed by atoms with Gasteiger partial charge in [-0.1, -0.05) is 37.0 Å². The average Bonchev–Trinajstić information content (AvgIpc) is 3.03. The largest absolute Gasteiger partial charge is 0.382 e. The number of carbonyl (C=O) groups excluding carboxylic acids is 1. The topological polar surface area (TPSA) is 75.9 Å². The third-order valence-corrected chi connectivity index (χ3v) is 6.51. The molecular weight excluding hydrogens is 432 g/mol. The lowest BCUT2D eigenvalue weighted by Crippen LogP contribution is -2.36. The number of thiocarbonyl (C=S) groups is 1. The van der Waals surface area contributed by atoms with Crippen LogP contribution in [0.1, 0.15) is 44.7 Å². The maximum absolute atomic E-state index is 13.3. The number of nitrogens with zero attached hydrogens (tertiary/aromatic N) is 3. The summed E-state index contributed by atoms with van der Waals surface area (Å²) in [7, 11) is 0. The normalized spacial score (nSPS) is 16.5. The molecule has 7 nitrogen and oxygen atoms in total. The van der Waals surface area contributed by atoms with Crippen LogP contribution in [0.4, 0.5) is 5.82 Å². The molecule has 1 aliphatic heterocycles. The summed E-state index contributed by atoms with van der Waals surface area (Å²) in [6.07, 6.45) is 4.89. The molecule has 0 spiro atoms. The third kappa shape index (κ3) is 4.99. The van der Waals surface area contributed by atoms with Gasteiger partial charge in [0.25, 0.3) is 11.5 Å². The van der Waals surface area contributed by atoms with Crippen molar-refractivity contribution in [3.05, 3.63) is 44.7 Å². The number of nitrogens with one attached hydrogen (secondary N) is 1. The molecule has 1 saturated heterocycles. The summed E-state index contributed by atoms with van der Waals surface area (Å²) >= 11 is 6.65. The molecule has 0 aromatic carbocycles. The fraction of sp³-hybridized carbons (Fsp3) is 0.455. The molecule has 0 saturated carbocycles. The van der Waals surface area contributed by atoms with Crippen molar-refractivity contribution in [1.82, 2.24) is 14.3 Å². The van der Waals surface area contributed by atoms with Crippen molar-refractivity contribution in [3.8, 4) is 0 Å². The lowest BCUT2D eigenvalue weighted by molar-refractivity contribution is -0.123. The second-order valence-corrected chi connectivity index (χ2v) is 9.03. The first-order valence-corrected chi connectivity index (χ1v) is 11.7. The fourth-order valence-electron chi connectivity index (χ4n) is 3.28. The molecule has 1 fully saturated rings. The number of carbonyl (C=O) groups is 1. The number of anilines is 1. The summed E-state index contributed by atoms with van der Waals surface area (Å²) in [4.78, 5) is 33.1. The van der Waals surface area contributed by atoms with Crippen LogP contribution in [0.2, 0.25) is 0 Å². The van der Waals surface area contributed by atoms with Gasteiger partial charge in [0.2, 0.25) is 0 Å². The van der Waals surface area contributed by atoms with Gasteiger partial charge in [-0.05, 0) is 51.3 Å². The lowest BCUT2D eigenvalue weighted by Gasteiger charge is -2.21. The van der Waals surface area contributed by atoms with Gasteiger partial charge < -0.3 is 10.1 Å². The molecular formula is C22H28N4O3S2. The standard InChI is InChI=1S/C22H28N4O3S2/c1-5-15(4)26-21(28)17(31-22(26)30)13-16-18(23-10-8-12-29-6-2)24-19-14(3)9-7-11-25(19)20(16)27/h7,9,11,13,15,23H,5-6,8,10,12H2,1-4H3/b17-13+. The fourth-order valence-corrected chi connectivity index (χ4v) is 4.72. The van der Waals surface area contributed by atoms with E-state index in [9.17, 15) is 9.59 Å². The zero-order chi connectivity index (χ0) is 22.5. The molecule has 1 unspecified atom stereocenters. The molecule has 2 aromatic heterocycles. The highest BCUT2D eigenvalue weighted by Crippen LogP contribution is 2.34. The minimum absolute atomic E-state index is 0.00744. The maximum atomic E-state index is 13.3. The first-order valence-electron chi connectivity index (χ1n) is 10.5. The molecule has 1 N–H and O–H groups in total.